The SMILES string of the molecule is CC(C)S(=O)(=O)c1ccccc1Nc1nc(NCCCC(=O)Oc2c(F)c(F)c(F)c(F)c2F)ncc1Cl. The van der Waals surface area contributed by atoms with Crippen LogP contribution in [0.4, 0.5) is 39.4 Å². The highest BCUT2D eigenvalue weighted by molar-refractivity contribution is 7.92. The molecule has 0 saturated carbocycles. The third-order valence-electron chi connectivity index (χ3n) is 5.04. The number of nitrogens with zero attached hydrogens (tertiary/aromatic N) is 2. The second kappa shape index (κ2) is 11.9. The number of hydrogen-bond donors (Lipinski definition) is 2. The summed E-state index contributed by atoms with van der Waals surface area (Å²) in [5.74, 6) is -14.2. The van der Waals surface area contributed by atoms with Gasteiger partial charge in [-0.1, -0.05) is 23.7 Å². The van der Waals surface area contributed by atoms with E-state index < -0.39 is 62.3 Å². The lowest BCUT2D eigenvalue weighted by Crippen LogP contribution is -2.16. The molecule has 0 aliphatic heterocycles. The zero-order valence-electron chi connectivity index (χ0n) is 19.8. The van der Waals surface area contributed by atoms with Crippen LogP contribution in [-0.4, -0.2) is 36.1 Å². The summed E-state index contributed by atoms with van der Waals surface area (Å²) in [5, 5.41) is 5.04. The topological polar surface area (TPSA) is 110 Å². The minimum absolute atomic E-state index is 0.00154. The van der Waals surface area contributed by atoms with Gasteiger partial charge >= 0.3 is 5.97 Å². The van der Waals surface area contributed by atoms with Gasteiger partial charge in [-0.05, 0) is 32.4 Å². The Balaban J connectivity index is 1.63. The summed E-state index contributed by atoms with van der Waals surface area (Å²) in [6, 6.07) is 6.18. The van der Waals surface area contributed by atoms with Crippen molar-refractivity contribution in [2.24, 2.45) is 0 Å². The molecule has 0 spiro atoms. The largest absolute Gasteiger partial charge is 0.420 e. The van der Waals surface area contributed by atoms with E-state index >= 15 is 0 Å². The minimum atomic E-state index is -3.63. The molecule has 0 bridgehead atoms. The van der Waals surface area contributed by atoms with E-state index in [1.54, 1.807) is 26.0 Å². The van der Waals surface area contributed by atoms with Gasteiger partial charge in [-0.3, -0.25) is 4.79 Å². The summed E-state index contributed by atoms with van der Waals surface area (Å²) in [4.78, 5) is 20.1. The summed E-state index contributed by atoms with van der Waals surface area (Å²) < 4.78 is 96.6. The molecule has 3 aromatic rings. The molecule has 0 saturated heterocycles. The van der Waals surface area contributed by atoms with Crippen LogP contribution in [0.1, 0.15) is 26.7 Å². The number of anilines is 3. The lowest BCUT2D eigenvalue weighted by molar-refractivity contribution is -0.134. The van der Waals surface area contributed by atoms with E-state index in [4.69, 9.17) is 11.6 Å². The molecule has 0 aliphatic rings. The maximum Gasteiger partial charge on any atom is 0.311 e. The minimum Gasteiger partial charge on any atom is -0.420 e. The Morgan fingerprint density at radius 1 is 1.03 bits per heavy atom. The van der Waals surface area contributed by atoms with E-state index in [0.29, 0.717) is 0 Å². The fourth-order valence-corrected chi connectivity index (χ4v) is 4.35. The smallest absolute Gasteiger partial charge is 0.311 e. The van der Waals surface area contributed by atoms with Crippen LogP contribution >= 0.6 is 11.6 Å². The van der Waals surface area contributed by atoms with Crippen LogP contribution in [0, 0.1) is 29.1 Å². The predicted octanol–water partition coefficient (Wildman–Crippen LogP) is 5.55. The standard InChI is InChI=1S/C23H20ClF5N4O4S/c1-11(2)38(35,36)14-7-4-3-6-13(14)32-22-12(24)10-31-23(33-22)30-9-5-8-15(34)37-21-19(28)17(26)16(25)18(27)20(21)29/h3-4,6-7,10-11H,5,8-9H2,1-2H3,(H2,30,31,32,33). The number of nitrogens with one attached hydrogen (secondary N) is 2. The summed E-state index contributed by atoms with van der Waals surface area (Å²) >= 11 is 6.15. The molecule has 0 atom stereocenters. The summed E-state index contributed by atoms with van der Waals surface area (Å²) in [7, 11) is -3.63. The average molecular weight is 579 g/mol. The number of carbonyl (C=O) groups excluding carboxylic acids is 1. The number of sulfone groups is 1. The fourth-order valence-electron chi connectivity index (χ4n) is 3.01. The van der Waals surface area contributed by atoms with Gasteiger partial charge in [0.25, 0.3) is 0 Å². The Bertz CT molecular complexity index is 1450. The third kappa shape index (κ3) is 6.30. The first-order chi connectivity index (χ1) is 17.8. The van der Waals surface area contributed by atoms with E-state index in [9.17, 15) is 35.2 Å². The Morgan fingerprint density at radius 2 is 1.63 bits per heavy atom. The molecule has 0 unspecified atom stereocenters. The van der Waals surface area contributed by atoms with Gasteiger partial charge in [0.15, 0.2) is 15.7 Å². The number of carbonyl (C=O) groups is 1. The van der Waals surface area contributed by atoms with Gasteiger partial charge in [0.2, 0.25) is 40.8 Å². The molecule has 2 N–H and O–H groups in total. The van der Waals surface area contributed by atoms with Crippen molar-refractivity contribution < 1.29 is 39.9 Å². The van der Waals surface area contributed by atoms with Crippen LogP contribution < -0.4 is 15.4 Å². The molecule has 2 aromatic carbocycles. The normalized spacial score (nSPS) is 11.5. The molecule has 0 aliphatic carbocycles. The van der Waals surface area contributed by atoms with Gasteiger partial charge in [-0.15, -0.1) is 0 Å². The van der Waals surface area contributed by atoms with Crippen molar-refractivity contribution in [2.75, 3.05) is 17.2 Å². The molecular weight excluding hydrogens is 559 g/mol. The Labute approximate surface area is 219 Å². The maximum atomic E-state index is 13.7. The number of ether oxygens (including phenoxy) is 1. The molecular formula is C23H20ClF5N4O4S. The van der Waals surface area contributed by atoms with Crippen molar-refractivity contribution in [3.05, 3.63) is 64.6 Å². The van der Waals surface area contributed by atoms with Crippen molar-refractivity contribution in [1.29, 1.82) is 0 Å². The Hall–Kier alpha value is -3.52. The zero-order chi connectivity index (χ0) is 28.2. The lowest BCUT2D eigenvalue weighted by atomic mass is 10.2. The van der Waals surface area contributed by atoms with E-state index in [0.717, 1.165) is 0 Å². The first kappa shape index (κ1) is 29.0. The number of aromatic nitrogens is 2. The van der Waals surface area contributed by atoms with Crippen LogP contribution in [0.5, 0.6) is 5.75 Å². The van der Waals surface area contributed by atoms with E-state index in [2.05, 4.69) is 25.3 Å². The van der Waals surface area contributed by atoms with Gasteiger partial charge in [0, 0.05) is 13.0 Å². The maximum absolute atomic E-state index is 13.7. The third-order valence-corrected chi connectivity index (χ3v) is 7.52. The number of hydrogen-bond acceptors (Lipinski definition) is 8. The lowest BCUT2D eigenvalue weighted by Gasteiger charge is -2.15. The van der Waals surface area contributed by atoms with Gasteiger partial charge in [-0.2, -0.15) is 13.8 Å². The average Bonchev–Trinajstić information content (AvgIpc) is 2.88. The quantitative estimate of drug-likeness (QED) is 0.0805. The molecule has 0 amide bonds. The van der Waals surface area contributed by atoms with Crippen molar-refractivity contribution >= 4 is 44.9 Å². The summed E-state index contributed by atoms with van der Waals surface area (Å²) in [6.45, 7) is 3.13. The second-order valence-corrected chi connectivity index (χ2v) is 10.9. The fraction of sp³-hybridized carbons (Fsp3) is 0.261. The number of rotatable bonds is 10. The second-order valence-electron chi connectivity index (χ2n) is 8.01. The Kier molecular flexibility index (Phi) is 9.09. The first-order valence-corrected chi connectivity index (χ1v) is 12.9. The summed E-state index contributed by atoms with van der Waals surface area (Å²) in [6.07, 6.45) is 0.792. The van der Waals surface area contributed by atoms with Crippen molar-refractivity contribution in [2.45, 2.75) is 36.8 Å². The van der Waals surface area contributed by atoms with Crippen molar-refractivity contribution in [1.82, 2.24) is 9.97 Å². The van der Waals surface area contributed by atoms with Gasteiger partial charge < -0.3 is 15.4 Å². The van der Waals surface area contributed by atoms with Crippen molar-refractivity contribution in [3.8, 4) is 5.75 Å². The van der Waals surface area contributed by atoms with E-state index in [1.807, 2.05) is 0 Å². The molecule has 0 radical (unpaired) electrons. The zero-order valence-corrected chi connectivity index (χ0v) is 21.4. The van der Waals surface area contributed by atoms with Crippen LogP contribution in [0.2, 0.25) is 5.02 Å². The molecule has 15 heteroatoms. The van der Waals surface area contributed by atoms with E-state index in [-0.39, 0.29) is 40.3 Å². The monoisotopic (exact) mass is 578 g/mol. The number of benzene rings is 2. The molecule has 1 aromatic heterocycles. The first-order valence-electron chi connectivity index (χ1n) is 10.9. The molecule has 0 fully saturated rings. The van der Waals surface area contributed by atoms with Gasteiger partial charge in [0.1, 0.15) is 5.02 Å². The highest BCUT2D eigenvalue weighted by atomic mass is 35.5. The van der Waals surface area contributed by atoms with Crippen molar-refractivity contribution in [3.63, 3.8) is 0 Å². The highest BCUT2D eigenvalue weighted by Gasteiger charge is 2.28. The molecule has 3 rings (SSSR count). The number of para-hydroxylation sites is 1. The number of esters is 1. The predicted molar refractivity (Wildman–Crippen MR) is 129 cm³/mol. The van der Waals surface area contributed by atoms with Crippen LogP contribution in [0.15, 0.2) is 35.4 Å². The highest BCUT2D eigenvalue weighted by Crippen LogP contribution is 2.31. The summed E-state index contributed by atoms with van der Waals surface area (Å²) in [5.41, 5.74) is 0.239. The Morgan fingerprint density at radius 3 is 2.26 bits per heavy atom. The van der Waals surface area contributed by atoms with Gasteiger partial charge in [-0.25, -0.2) is 26.6 Å². The molecule has 38 heavy (non-hydrogen) atoms. The van der Waals surface area contributed by atoms with Crippen LogP contribution in [-0.2, 0) is 14.6 Å². The molecule has 204 valence electrons. The van der Waals surface area contributed by atoms with Crippen LogP contribution in [0.25, 0.3) is 0 Å². The molecule has 8 nitrogen and oxygen atoms in total. The number of halogens is 6. The van der Waals surface area contributed by atoms with Gasteiger partial charge in [0.05, 0.1) is 22.0 Å². The van der Waals surface area contributed by atoms with E-state index in [1.165, 1.54) is 18.3 Å². The van der Waals surface area contributed by atoms with Crippen LogP contribution in [0.3, 0.4) is 0 Å². The molecule has 1 heterocycles.